The highest BCUT2D eigenvalue weighted by Crippen LogP contribution is 2.24. The van der Waals surface area contributed by atoms with E-state index in [1.54, 1.807) is 0 Å². The fourth-order valence-corrected chi connectivity index (χ4v) is 2.71. The first kappa shape index (κ1) is 14.5. The minimum atomic E-state index is -3.83. The quantitative estimate of drug-likeness (QED) is 0.836. The van der Waals surface area contributed by atoms with Gasteiger partial charge >= 0.3 is 5.97 Å². The van der Waals surface area contributed by atoms with Crippen LogP contribution in [0.15, 0.2) is 22.7 Å². The Bertz CT molecular complexity index is 607. The molecule has 1 aromatic rings. The number of carbonyl (C=O) groups excluding carboxylic acids is 1. The SMILES string of the molecule is COC(=O)CS(=O)(=O)Nc1ccc(C#N)cc1Br. The van der Waals surface area contributed by atoms with Gasteiger partial charge in [0.15, 0.2) is 5.75 Å². The minimum absolute atomic E-state index is 0.248. The first-order valence-electron chi connectivity index (χ1n) is 4.65. The van der Waals surface area contributed by atoms with Crippen molar-refractivity contribution < 1.29 is 17.9 Å². The highest BCUT2D eigenvalue weighted by molar-refractivity contribution is 9.10. The number of nitrogens with one attached hydrogen (secondary N) is 1. The number of nitrogens with zero attached hydrogens (tertiary/aromatic N) is 1. The Morgan fingerprint density at radius 3 is 2.72 bits per heavy atom. The summed E-state index contributed by atoms with van der Waals surface area (Å²) in [5.41, 5.74) is 0.635. The van der Waals surface area contributed by atoms with Gasteiger partial charge in [0, 0.05) is 4.47 Å². The zero-order chi connectivity index (χ0) is 13.8. The van der Waals surface area contributed by atoms with Gasteiger partial charge in [0.1, 0.15) is 0 Å². The number of esters is 1. The van der Waals surface area contributed by atoms with Crippen LogP contribution in [0.1, 0.15) is 5.56 Å². The van der Waals surface area contributed by atoms with Crippen LogP contribution in [0.2, 0.25) is 0 Å². The number of anilines is 1. The van der Waals surface area contributed by atoms with Crippen molar-refractivity contribution in [3.63, 3.8) is 0 Å². The molecule has 0 heterocycles. The van der Waals surface area contributed by atoms with Crippen LogP contribution in [0.25, 0.3) is 0 Å². The molecule has 0 radical (unpaired) electrons. The number of benzene rings is 1. The van der Waals surface area contributed by atoms with Crippen molar-refractivity contribution in [2.45, 2.75) is 0 Å². The number of nitriles is 1. The van der Waals surface area contributed by atoms with Crippen LogP contribution >= 0.6 is 15.9 Å². The number of carbonyl (C=O) groups is 1. The van der Waals surface area contributed by atoms with Gasteiger partial charge in [-0.1, -0.05) is 0 Å². The molecule has 0 fully saturated rings. The monoisotopic (exact) mass is 332 g/mol. The zero-order valence-electron chi connectivity index (χ0n) is 9.31. The van der Waals surface area contributed by atoms with Crippen LogP contribution in [0.4, 0.5) is 5.69 Å². The third kappa shape index (κ3) is 4.01. The number of ether oxygens (including phenoxy) is 1. The summed E-state index contributed by atoms with van der Waals surface area (Å²) in [4.78, 5) is 10.9. The molecule has 0 atom stereocenters. The van der Waals surface area contributed by atoms with Gasteiger partial charge < -0.3 is 4.74 Å². The molecule has 18 heavy (non-hydrogen) atoms. The Balaban J connectivity index is 2.92. The standard InChI is InChI=1S/C10H9BrN2O4S/c1-17-10(14)6-18(15,16)13-9-3-2-7(5-12)4-8(9)11/h2-4,13H,6H2,1H3. The molecule has 1 rings (SSSR count). The summed E-state index contributed by atoms with van der Waals surface area (Å²) in [6, 6.07) is 6.27. The number of hydrogen-bond acceptors (Lipinski definition) is 5. The average molecular weight is 333 g/mol. The van der Waals surface area contributed by atoms with Crippen LogP contribution in [-0.2, 0) is 19.6 Å². The number of hydrogen-bond donors (Lipinski definition) is 1. The van der Waals surface area contributed by atoms with Gasteiger partial charge in [-0.3, -0.25) is 9.52 Å². The molecule has 0 aliphatic heterocycles. The number of sulfonamides is 1. The second-order valence-electron chi connectivity index (χ2n) is 3.24. The molecule has 0 aromatic heterocycles. The molecule has 96 valence electrons. The van der Waals surface area contributed by atoms with Crippen LogP contribution in [0, 0.1) is 11.3 Å². The number of methoxy groups -OCH3 is 1. The van der Waals surface area contributed by atoms with E-state index in [1.807, 2.05) is 6.07 Å². The van der Waals surface area contributed by atoms with Gasteiger partial charge in [0.2, 0.25) is 10.0 Å². The van der Waals surface area contributed by atoms with Crippen molar-refractivity contribution in [1.29, 1.82) is 5.26 Å². The molecule has 0 saturated carbocycles. The van der Waals surface area contributed by atoms with Gasteiger partial charge in [0.05, 0.1) is 24.4 Å². The maximum Gasteiger partial charge on any atom is 0.322 e. The van der Waals surface area contributed by atoms with E-state index in [-0.39, 0.29) is 5.69 Å². The maximum absolute atomic E-state index is 11.6. The average Bonchev–Trinajstić information content (AvgIpc) is 2.30. The van der Waals surface area contributed by atoms with Gasteiger partial charge in [-0.05, 0) is 34.1 Å². The summed E-state index contributed by atoms with van der Waals surface area (Å²) in [5, 5.41) is 8.67. The predicted molar refractivity (Wildman–Crippen MR) is 68.3 cm³/mol. The van der Waals surface area contributed by atoms with Crippen LogP contribution in [-0.4, -0.2) is 27.2 Å². The maximum atomic E-state index is 11.6. The third-order valence-electron chi connectivity index (χ3n) is 1.90. The Morgan fingerprint density at radius 2 is 2.22 bits per heavy atom. The highest BCUT2D eigenvalue weighted by Gasteiger charge is 2.18. The second kappa shape index (κ2) is 5.84. The fraction of sp³-hybridized carbons (Fsp3) is 0.200. The third-order valence-corrected chi connectivity index (χ3v) is 3.70. The summed E-state index contributed by atoms with van der Waals surface area (Å²) in [6.07, 6.45) is 0. The molecular formula is C10H9BrN2O4S. The topological polar surface area (TPSA) is 96.3 Å². The van der Waals surface area contributed by atoms with Crippen LogP contribution in [0.5, 0.6) is 0 Å². The Morgan fingerprint density at radius 1 is 1.56 bits per heavy atom. The lowest BCUT2D eigenvalue weighted by molar-refractivity contribution is -0.137. The lowest BCUT2D eigenvalue weighted by Gasteiger charge is -2.08. The van der Waals surface area contributed by atoms with E-state index in [9.17, 15) is 13.2 Å². The second-order valence-corrected chi connectivity index (χ2v) is 5.82. The lowest BCUT2D eigenvalue weighted by atomic mass is 10.2. The van der Waals surface area contributed by atoms with E-state index >= 15 is 0 Å². The van der Waals surface area contributed by atoms with Crippen molar-refractivity contribution >= 4 is 37.6 Å². The van der Waals surface area contributed by atoms with Crippen molar-refractivity contribution in [3.8, 4) is 6.07 Å². The van der Waals surface area contributed by atoms with Gasteiger partial charge in [0.25, 0.3) is 0 Å². The molecule has 0 amide bonds. The summed E-state index contributed by atoms with van der Waals surface area (Å²) < 4.78 is 30.1. The summed E-state index contributed by atoms with van der Waals surface area (Å²) in [7, 11) is -2.72. The molecule has 6 nitrogen and oxygen atoms in total. The molecule has 0 saturated heterocycles. The molecule has 0 bridgehead atoms. The molecule has 8 heteroatoms. The first-order chi connectivity index (χ1) is 8.38. The number of rotatable bonds is 4. The zero-order valence-corrected chi connectivity index (χ0v) is 11.7. The van der Waals surface area contributed by atoms with E-state index in [1.165, 1.54) is 18.2 Å². The van der Waals surface area contributed by atoms with E-state index in [0.717, 1.165) is 7.11 Å². The van der Waals surface area contributed by atoms with E-state index in [2.05, 4.69) is 25.4 Å². The van der Waals surface area contributed by atoms with Crippen LogP contribution in [0.3, 0.4) is 0 Å². The summed E-state index contributed by atoms with van der Waals surface area (Å²) >= 11 is 3.13. The largest absolute Gasteiger partial charge is 0.468 e. The molecule has 0 spiro atoms. The fourth-order valence-electron chi connectivity index (χ4n) is 1.09. The summed E-state index contributed by atoms with van der Waals surface area (Å²) in [5.74, 6) is -1.62. The summed E-state index contributed by atoms with van der Waals surface area (Å²) in [6.45, 7) is 0. The van der Waals surface area contributed by atoms with Gasteiger partial charge in [-0.2, -0.15) is 5.26 Å². The predicted octanol–water partition coefficient (Wildman–Crippen LogP) is 1.24. The molecule has 1 aromatic carbocycles. The Labute approximate surface area is 113 Å². The van der Waals surface area contributed by atoms with E-state index < -0.39 is 21.7 Å². The lowest BCUT2D eigenvalue weighted by Crippen LogP contribution is -2.23. The van der Waals surface area contributed by atoms with Crippen molar-refractivity contribution in [2.24, 2.45) is 0 Å². The normalized spacial score (nSPS) is 10.5. The van der Waals surface area contributed by atoms with Crippen LogP contribution < -0.4 is 4.72 Å². The Kier molecular flexibility index (Phi) is 4.69. The molecule has 0 unspecified atom stereocenters. The Hall–Kier alpha value is -1.59. The van der Waals surface area contributed by atoms with Crippen molar-refractivity contribution in [3.05, 3.63) is 28.2 Å². The van der Waals surface area contributed by atoms with E-state index in [0.29, 0.717) is 10.0 Å². The highest BCUT2D eigenvalue weighted by atomic mass is 79.9. The first-order valence-corrected chi connectivity index (χ1v) is 7.09. The van der Waals surface area contributed by atoms with E-state index in [4.69, 9.17) is 5.26 Å². The van der Waals surface area contributed by atoms with Gasteiger partial charge in [-0.15, -0.1) is 0 Å². The molecule has 0 aliphatic rings. The molecule has 0 aliphatic carbocycles. The minimum Gasteiger partial charge on any atom is -0.468 e. The smallest absolute Gasteiger partial charge is 0.322 e. The van der Waals surface area contributed by atoms with Crippen molar-refractivity contribution in [2.75, 3.05) is 17.6 Å². The van der Waals surface area contributed by atoms with Crippen molar-refractivity contribution in [1.82, 2.24) is 0 Å². The number of halogens is 1. The molecular weight excluding hydrogens is 324 g/mol. The van der Waals surface area contributed by atoms with Gasteiger partial charge in [-0.25, -0.2) is 8.42 Å². The molecule has 1 N–H and O–H groups in total.